The molecule has 142 valence electrons. The van der Waals surface area contributed by atoms with Gasteiger partial charge >= 0.3 is 5.97 Å². The number of ether oxygens (including phenoxy) is 1. The van der Waals surface area contributed by atoms with Crippen LogP contribution in [-0.4, -0.2) is 47.4 Å². The number of rotatable bonds is 7. The van der Waals surface area contributed by atoms with Crippen molar-refractivity contribution in [2.45, 2.75) is 20.8 Å². The van der Waals surface area contributed by atoms with Crippen LogP contribution >= 0.6 is 0 Å². The lowest BCUT2D eigenvalue weighted by atomic mass is 10.1. The molecule has 0 aliphatic heterocycles. The zero-order valence-electron chi connectivity index (χ0n) is 15.7. The van der Waals surface area contributed by atoms with Gasteiger partial charge in [0.2, 0.25) is 0 Å². The Morgan fingerprint density at radius 2 is 1.63 bits per heavy atom. The molecule has 2 rings (SSSR count). The van der Waals surface area contributed by atoms with Crippen molar-refractivity contribution in [2.24, 2.45) is 0 Å². The predicted molar refractivity (Wildman–Crippen MR) is 102 cm³/mol. The molecule has 7 nitrogen and oxygen atoms in total. The van der Waals surface area contributed by atoms with Gasteiger partial charge < -0.3 is 15.0 Å². The Balaban J connectivity index is 2.24. The van der Waals surface area contributed by atoms with Gasteiger partial charge in [0.15, 0.2) is 0 Å². The zero-order chi connectivity index (χ0) is 19.8. The van der Waals surface area contributed by atoms with Crippen molar-refractivity contribution in [1.29, 1.82) is 0 Å². The number of carbonyl (C=O) groups excluding carboxylic acids is 3. The average Bonchev–Trinajstić information content (AvgIpc) is 2.69. The van der Waals surface area contributed by atoms with Crippen molar-refractivity contribution >= 4 is 23.5 Å². The Kier molecular flexibility index (Phi) is 7.05. The highest BCUT2D eigenvalue weighted by Crippen LogP contribution is 2.17. The molecular weight excluding hydrogens is 346 g/mol. The molecule has 0 fully saturated rings. The lowest BCUT2D eigenvalue weighted by molar-refractivity contribution is 0.0527. The van der Waals surface area contributed by atoms with E-state index >= 15 is 0 Å². The first-order chi connectivity index (χ1) is 13.0. The quantitative estimate of drug-likeness (QED) is 0.758. The van der Waals surface area contributed by atoms with Crippen LogP contribution in [0.15, 0.2) is 42.5 Å². The number of hydrogen-bond acceptors (Lipinski definition) is 5. The number of aromatic nitrogens is 1. The molecule has 1 aromatic heterocycles. The molecule has 0 atom stereocenters. The molecule has 0 saturated heterocycles. The molecule has 1 heterocycles. The number of anilines is 1. The summed E-state index contributed by atoms with van der Waals surface area (Å²) in [5, 5.41) is 2.66. The molecule has 0 saturated carbocycles. The molecule has 7 heteroatoms. The van der Waals surface area contributed by atoms with E-state index in [0.29, 0.717) is 18.8 Å². The van der Waals surface area contributed by atoms with Gasteiger partial charge in [0.05, 0.1) is 17.9 Å². The van der Waals surface area contributed by atoms with Gasteiger partial charge in [0, 0.05) is 13.1 Å². The first-order valence-electron chi connectivity index (χ1n) is 8.85. The van der Waals surface area contributed by atoms with E-state index in [1.54, 1.807) is 48.2 Å². The largest absolute Gasteiger partial charge is 0.462 e. The fourth-order valence-electron chi connectivity index (χ4n) is 2.52. The second-order valence-corrected chi connectivity index (χ2v) is 5.61. The van der Waals surface area contributed by atoms with Crippen molar-refractivity contribution in [3.8, 4) is 0 Å². The summed E-state index contributed by atoms with van der Waals surface area (Å²) >= 11 is 0. The van der Waals surface area contributed by atoms with Crippen molar-refractivity contribution in [1.82, 2.24) is 9.88 Å². The maximum absolute atomic E-state index is 12.6. The number of esters is 1. The third-order valence-corrected chi connectivity index (χ3v) is 3.92. The lowest BCUT2D eigenvalue weighted by Crippen LogP contribution is -2.31. The van der Waals surface area contributed by atoms with Gasteiger partial charge in [-0.2, -0.15) is 0 Å². The summed E-state index contributed by atoms with van der Waals surface area (Å²) in [4.78, 5) is 42.8. The molecule has 2 amide bonds. The number of benzene rings is 1. The minimum atomic E-state index is -0.521. The monoisotopic (exact) mass is 369 g/mol. The fraction of sp³-hybridized carbons (Fsp3) is 0.300. The Labute approximate surface area is 158 Å². The summed E-state index contributed by atoms with van der Waals surface area (Å²) < 4.78 is 5.00. The molecular formula is C20H23N3O4. The zero-order valence-corrected chi connectivity index (χ0v) is 15.7. The Morgan fingerprint density at radius 3 is 2.30 bits per heavy atom. The summed E-state index contributed by atoms with van der Waals surface area (Å²) in [6.45, 7) is 6.81. The van der Waals surface area contributed by atoms with Gasteiger partial charge in [-0.1, -0.05) is 18.2 Å². The third-order valence-electron chi connectivity index (χ3n) is 3.92. The number of carbonyl (C=O) groups is 3. The van der Waals surface area contributed by atoms with Gasteiger partial charge in [-0.25, -0.2) is 9.78 Å². The van der Waals surface area contributed by atoms with E-state index in [1.807, 2.05) is 13.8 Å². The second-order valence-electron chi connectivity index (χ2n) is 5.61. The summed E-state index contributed by atoms with van der Waals surface area (Å²) in [5.41, 5.74) is 0.864. The minimum absolute atomic E-state index is 0.0895. The molecule has 1 N–H and O–H groups in total. The first-order valence-corrected chi connectivity index (χ1v) is 8.85. The van der Waals surface area contributed by atoms with Crippen LogP contribution in [0.25, 0.3) is 0 Å². The van der Waals surface area contributed by atoms with Gasteiger partial charge in [-0.05, 0) is 45.0 Å². The summed E-state index contributed by atoms with van der Waals surface area (Å²) in [6, 6.07) is 11.3. The van der Waals surface area contributed by atoms with Gasteiger partial charge in [-0.3, -0.25) is 9.59 Å². The Hall–Kier alpha value is -3.22. The molecule has 2 aromatic rings. The molecule has 0 aliphatic carbocycles. The van der Waals surface area contributed by atoms with Crippen LogP contribution < -0.4 is 5.32 Å². The number of nitrogens with one attached hydrogen (secondary N) is 1. The van der Waals surface area contributed by atoms with E-state index in [-0.39, 0.29) is 29.5 Å². The van der Waals surface area contributed by atoms with E-state index in [1.165, 1.54) is 6.07 Å². The molecule has 27 heavy (non-hydrogen) atoms. The highest BCUT2D eigenvalue weighted by molar-refractivity contribution is 6.07. The lowest BCUT2D eigenvalue weighted by Gasteiger charge is -2.18. The van der Waals surface area contributed by atoms with Crippen molar-refractivity contribution in [3.05, 3.63) is 59.4 Å². The highest BCUT2D eigenvalue weighted by Gasteiger charge is 2.18. The van der Waals surface area contributed by atoms with Gasteiger partial charge in [0.1, 0.15) is 11.4 Å². The van der Waals surface area contributed by atoms with Crippen LogP contribution in [0.1, 0.15) is 52.1 Å². The summed E-state index contributed by atoms with van der Waals surface area (Å²) in [6.07, 6.45) is 0. The maximum atomic E-state index is 12.6. The van der Waals surface area contributed by atoms with Crippen LogP contribution in [0.5, 0.6) is 0 Å². The van der Waals surface area contributed by atoms with E-state index < -0.39 is 11.9 Å². The third kappa shape index (κ3) is 4.91. The van der Waals surface area contributed by atoms with Crippen molar-refractivity contribution in [2.75, 3.05) is 25.0 Å². The number of pyridine rings is 1. The number of para-hydroxylation sites is 1. The van der Waals surface area contributed by atoms with E-state index in [0.717, 1.165) is 0 Å². The normalized spacial score (nSPS) is 10.2. The smallest absolute Gasteiger partial charge is 0.340 e. The molecule has 0 spiro atoms. The van der Waals surface area contributed by atoms with Crippen molar-refractivity contribution in [3.63, 3.8) is 0 Å². The average molecular weight is 369 g/mol. The molecule has 0 unspecified atom stereocenters. The first kappa shape index (κ1) is 20.1. The van der Waals surface area contributed by atoms with E-state index in [2.05, 4.69) is 10.3 Å². The second kappa shape index (κ2) is 9.47. The van der Waals surface area contributed by atoms with Gasteiger partial charge in [0.25, 0.3) is 11.8 Å². The van der Waals surface area contributed by atoms with Gasteiger partial charge in [-0.15, -0.1) is 0 Å². The molecule has 0 bridgehead atoms. The number of amides is 2. The molecule has 0 aliphatic rings. The minimum Gasteiger partial charge on any atom is -0.462 e. The van der Waals surface area contributed by atoms with Crippen LogP contribution in [0.3, 0.4) is 0 Å². The van der Waals surface area contributed by atoms with Crippen LogP contribution in [-0.2, 0) is 4.74 Å². The summed E-state index contributed by atoms with van der Waals surface area (Å²) in [5.74, 6) is -1.27. The standard InChI is InChI=1S/C20H23N3O4/c1-4-23(5-2)19(25)17-13-9-12-16(21-17)18(24)22-15-11-8-7-10-14(15)20(26)27-6-3/h7-13H,4-6H2,1-3H3,(H,22,24). The molecule has 1 aromatic carbocycles. The fourth-order valence-corrected chi connectivity index (χ4v) is 2.52. The topological polar surface area (TPSA) is 88.6 Å². The molecule has 0 radical (unpaired) electrons. The Bertz CT molecular complexity index is 831. The number of nitrogens with zero attached hydrogens (tertiary/aromatic N) is 2. The van der Waals surface area contributed by atoms with Crippen molar-refractivity contribution < 1.29 is 19.1 Å². The predicted octanol–water partition coefficient (Wildman–Crippen LogP) is 2.99. The summed E-state index contributed by atoms with van der Waals surface area (Å²) in [7, 11) is 0. The Morgan fingerprint density at radius 1 is 0.963 bits per heavy atom. The SMILES string of the molecule is CCOC(=O)c1ccccc1NC(=O)c1cccc(C(=O)N(CC)CC)n1. The van der Waals surface area contributed by atoms with Crippen LogP contribution in [0.4, 0.5) is 5.69 Å². The van der Waals surface area contributed by atoms with E-state index in [4.69, 9.17) is 4.74 Å². The van der Waals surface area contributed by atoms with Crippen LogP contribution in [0.2, 0.25) is 0 Å². The maximum Gasteiger partial charge on any atom is 0.340 e. The van der Waals surface area contributed by atoms with E-state index in [9.17, 15) is 14.4 Å². The number of hydrogen-bond donors (Lipinski definition) is 1. The highest BCUT2D eigenvalue weighted by atomic mass is 16.5. The van der Waals surface area contributed by atoms with Crippen LogP contribution in [0, 0.1) is 0 Å².